The lowest BCUT2D eigenvalue weighted by Gasteiger charge is -2.36. The van der Waals surface area contributed by atoms with Crippen molar-refractivity contribution < 1.29 is 24.2 Å². The summed E-state index contributed by atoms with van der Waals surface area (Å²) in [6, 6.07) is -0.728. The van der Waals surface area contributed by atoms with Crippen LogP contribution in [0.4, 0.5) is 0 Å². The predicted octanol–water partition coefficient (Wildman–Crippen LogP) is 1.76. The Morgan fingerprint density at radius 2 is 1.94 bits per heavy atom. The molecule has 1 unspecified atom stereocenters. The molecule has 2 saturated heterocycles. The maximum absolute atomic E-state index is 13.8. The van der Waals surface area contributed by atoms with Gasteiger partial charge < -0.3 is 19.6 Å². The van der Waals surface area contributed by atoms with Gasteiger partial charge in [-0.05, 0) is 19.8 Å². The van der Waals surface area contributed by atoms with Gasteiger partial charge in [0.2, 0.25) is 11.8 Å². The van der Waals surface area contributed by atoms with E-state index in [1.165, 1.54) is 16.7 Å². The molecule has 4 aliphatic rings. The first-order chi connectivity index (χ1) is 14.9. The van der Waals surface area contributed by atoms with Gasteiger partial charge >= 0.3 is 5.97 Å². The van der Waals surface area contributed by atoms with Gasteiger partial charge in [-0.1, -0.05) is 44.1 Å². The Morgan fingerprint density at radius 1 is 1.13 bits per heavy atom. The van der Waals surface area contributed by atoms with Gasteiger partial charge in [0, 0.05) is 24.4 Å². The molecule has 0 aromatic heterocycles. The number of carbonyl (C=O) groups excluding carboxylic acids is 3. The number of rotatable bonds is 6. The lowest BCUT2D eigenvalue weighted by atomic mass is 9.74. The van der Waals surface area contributed by atoms with E-state index in [4.69, 9.17) is 4.74 Å². The van der Waals surface area contributed by atoms with Crippen LogP contribution < -0.4 is 0 Å². The summed E-state index contributed by atoms with van der Waals surface area (Å²) < 4.78 is 4.00. The molecule has 7 nitrogen and oxygen atoms in total. The molecule has 1 spiro atoms. The van der Waals surface area contributed by atoms with E-state index in [0.29, 0.717) is 26.1 Å². The van der Waals surface area contributed by atoms with E-state index in [-0.39, 0.29) is 30.9 Å². The van der Waals surface area contributed by atoms with Crippen LogP contribution in [-0.4, -0.2) is 81.1 Å². The lowest BCUT2D eigenvalue weighted by Crippen LogP contribution is -2.54. The highest BCUT2D eigenvalue weighted by molar-refractivity contribution is 8.02. The number of esters is 1. The SMILES string of the molecule is CCCCCN1CC=C[C@]23S[C@]4(C)C=CCCOC(=O)[C@@H]4[C@H]2C(=O)N(CCO)C3C1=O. The average molecular weight is 449 g/mol. The van der Waals surface area contributed by atoms with Crippen LogP contribution in [-0.2, 0) is 19.1 Å². The van der Waals surface area contributed by atoms with Crippen LogP contribution in [0.3, 0.4) is 0 Å². The standard InChI is InChI=1S/C23H32N2O5S/c1-3-4-6-11-24-12-8-10-23-16(19(27)25(13-14-26)18(23)20(24)28)17-21(29)30-15-7-5-9-22(17,2)31-23/h5,8-10,16-18,26H,3-4,6-7,11-15H2,1-2H3/t16-,17-,18?,22+,23-/m0/s1. The van der Waals surface area contributed by atoms with E-state index in [9.17, 15) is 19.5 Å². The maximum Gasteiger partial charge on any atom is 0.311 e. The molecule has 4 aliphatic heterocycles. The molecule has 4 rings (SSSR count). The van der Waals surface area contributed by atoms with Crippen molar-refractivity contribution >= 4 is 29.5 Å². The normalized spacial score (nSPS) is 37.1. The van der Waals surface area contributed by atoms with Crippen molar-refractivity contribution in [2.75, 3.05) is 32.8 Å². The Labute approximate surface area is 187 Å². The summed E-state index contributed by atoms with van der Waals surface area (Å²) in [6.45, 7) is 5.39. The largest absolute Gasteiger partial charge is 0.465 e. The fraction of sp³-hybridized carbons (Fsp3) is 0.696. The number of likely N-dealkylation sites (tertiary alicyclic amines) is 1. The number of hydrogen-bond donors (Lipinski definition) is 1. The van der Waals surface area contributed by atoms with E-state index in [1.807, 2.05) is 36.1 Å². The van der Waals surface area contributed by atoms with E-state index >= 15 is 0 Å². The highest BCUT2D eigenvalue weighted by Gasteiger charge is 2.73. The zero-order valence-electron chi connectivity index (χ0n) is 18.3. The number of carbonyl (C=O) groups is 3. The van der Waals surface area contributed by atoms with Gasteiger partial charge in [-0.15, -0.1) is 11.8 Å². The van der Waals surface area contributed by atoms with E-state index in [2.05, 4.69) is 6.92 Å². The molecule has 1 N–H and O–H groups in total. The monoisotopic (exact) mass is 448 g/mol. The first-order valence-electron chi connectivity index (χ1n) is 11.3. The number of fused-ring (bicyclic) bond motifs is 2. The highest BCUT2D eigenvalue weighted by Crippen LogP contribution is 2.65. The van der Waals surface area contributed by atoms with Gasteiger partial charge in [0.15, 0.2) is 0 Å². The van der Waals surface area contributed by atoms with Crippen molar-refractivity contribution in [1.29, 1.82) is 0 Å². The van der Waals surface area contributed by atoms with Crippen molar-refractivity contribution in [3.8, 4) is 0 Å². The number of thioether (sulfide) groups is 1. The molecule has 0 radical (unpaired) electrons. The number of aliphatic hydroxyl groups is 1. The summed E-state index contributed by atoms with van der Waals surface area (Å²) in [4.78, 5) is 43.9. The predicted molar refractivity (Wildman–Crippen MR) is 118 cm³/mol. The van der Waals surface area contributed by atoms with Crippen molar-refractivity contribution in [2.45, 2.75) is 55.1 Å². The summed E-state index contributed by atoms with van der Waals surface area (Å²) in [6.07, 6.45) is 11.7. The quantitative estimate of drug-likeness (QED) is 0.379. The van der Waals surface area contributed by atoms with E-state index < -0.39 is 27.4 Å². The Balaban J connectivity index is 1.78. The maximum atomic E-state index is 13.8. The van der Waals surface area contributed by atoms with Crippen LogP contribution in [0.25, 0.3) is 0 Å². The second-order valence-electron chi connectivity index (χ2n) is 9.00. The molecule has 0 aromatic carbocycles. The van der Waals surface area contributed by atoms with Crippen LogP contribution in [0.15, 0.2) is 24.3 Å². The number of amides is 2. The lowest BCUT2D eigenvalue weighted by molar-refractivity contribution is -0.154. The van der Waals surface area contributed by atoms with Crippen LogP contribution in [0.5, 0.6) is 0 Å². The summed E-state index contributed by atoms with van der Waals surface area (Å²) in [5.74, 6) is -2.06. The molecule has 170 valence electrons. The minimum atomic E-state index is -0.851. The topological polar surface area (TPSA) is 87.2 Å². The molecule has 0 aromatic rings. The second-order valence-corrected chi connectivity index (χ2v) is 10.8. The van der Waals surface area contributed by atoms with Crippen LogP contribution in [0.2, 0.25) is 0 Å². The van der Waals surface area contributed by atoms with Crippen molar-refractivity contribution in [3.63, 3.8) is 0 Å². The first kappa shape index (κ1) is 22.4. The fourth-order valence-electron chi connectivity index (χ4n) is 5.64. The molecule has 31 heavy (non-hydrogen) atoms. The van der Waals surface area contributed by atoms with Gasteiger partial charge in [-0.3, -0.25) is 14.4 Å². The third-order valence-corrected chi connectivity index (χ3v) is 8.77. The number of ether oxygens (including phenoxy) is 1. The number of cyclic esters (lactones) is 1. The number of nitrogens with zero attached hydrogens (tertiary/aromatic N) is 2. The summed E-state index contributed by atoms with van der Waals surface area (Å²) >= 11 is 1.54. The van der Waals surface area contributed by atoms with Crippen molar-refractivity contribution in [2.24, 2.45) is 11.8 Å². The van der Waals surface area contributed by atoms with Crippen molar-refractivity contribution in [3.05, 3.63) is 24.3 Å². The Bertz CT molecular complexity index is 814. The highest BCUT2D eigenvalue weighted by atomic mass is 32.2. The van der Waals surface area contributed by atoms with Crippen LogP contribution in [0, 0.1) is 11.8 Å². The molecule has 5 atom stereocenters. The molecule has 2 fully saturated rings. The van der Waals surface area contributed by atoms with Gasteiger partial charge in [0.25, 0.3) is 0 Å². The molecular weight excluding hydrogens is 416 g/mol. The molecule has 0 saturated carbocycles. The number of β-amino-alcohol motifs (C(OH)–C–C–N with tert-alkyl or cyclic N) is 1. The molecule has 0 bridgehead atoms. The third kappa shape index (κ3) is 3.52. The Kier molecular flexibility index (Phi) is 6.23. The van der Waals surface area contributed by atoms with Crippen LogP contribution in [0.1, 0.15) is 39.5 Å². The minimum Gasteiger partial charge on any atom is -0.465 e. The first-order valence-corrected chi connectivity index (χ1v) is 12.1. The third-order valence-electron chi connectivity index (χ3n) is 6.98. The van der Waals surface area contributed by atoms with E-state index in [1.54, 1.807) is 0 Å². The van der Waals surface area contributed by atoms with Crippen molar-refractivity contribution in [1.82, 2.24) is 9.80 Å². The second kappa shape index (κ2) is 8.62. The fourth-order valence-corrected chi connectivity index (χ4v) is 7.79. The number of unbranched alkanes of at least 4 members (excludes halogenated alkanes) is 2. The molecule has 8 heteroatoms. The van der Waals surface area contributed by atoms with Gasteiger partial charge in [0.1, 0.15) is 6.04 Å². The number of hydrogen-bond acceptors (Lipinski definition) is 6. The van der Waals surface area contributed by atoms with Gasteiger partial charge in [-0.25, -0.2) is 0 Å². The average Bonchev–Trinajstić information content (AvgIpc) is 3.04. The Hall–Kier alpha value is -1.80. The molecule has 4 heterocycles. The summed E-state index contributed by atoms with van der Waals surface area (Å²) in [5.41, 5.74) is 0. The van der Waals surface area contributed by atoms with Gasteiger partial charge in [-0.2, -0.15) is 0 Å². The zero-order chi connectivity index (χ0) is 22.2. The molecule has 2 amide bonds. The van der Waals surface area contributed by atoms with E-state index in [0.717, 1.165) is 19.3 Å². The van der Waals surface area contributed by atoms with Crippen LogP contribution >= 0.6 is 11.8 Å². The smallest absolute Gasteiger partial charge is 0.311 e. The summed E-state index contributed by atoms with van der Waals surface area (Å²) in [5, 5.41) is 9.66. The van der Waals surface area contributed by atoms with Gasteiger partial charge in [0.05, 0.1) is 29.8 Å². The molecule has 0 aliphatic carbocycles. The molecular formula is C23H32N2O5S. The number of aliphatic hydroxyl groups excluding tert-OH is 1. The minimum absolute atomic E-state index is 0.0824. The zero-order valence-corrected chi connectivity index (χ0v) is 19.1. The Morgan fingerprint density at radius 3 is 2.68 bits per heavy atom. The summed E-state index contributed by atoms with van der Waals surface area (Å²) in [7, 11) is 0.